The number of amides is 2. The molecule has 0 aliphatic carbocycles. The van der Waals surface area contributed by atoms with Crippen molar-refractivity contribution in [3.05, 3.63) is 0 Å². The normalized spacial score (nSPS) is 18.0. The zero-order chi connectivity index (χ0) is 12.9. The molecule has 0 spiro atoms. The highest BCUT2D eigenvalue weighted by Gasteiger charge is 2.25. The second-order valence-corrected chi connectivity index (χ2v) is 4.63. The number of hydrogen-bond donors (Lipinski definition) is 3. The number of hydrogen-bond acceptors (Lipinski definition) is 4. The summed E-state index contributed by atoms with van der Waals surface area (Å²) in [6.07, 6.45) is 0. The van der Waals surface area contributed by atoms with E-state index in [1.54, 1.807) is 18.7 Å². The molecule has 1 saturated heterocycles. The number of amidine groups is 1. The van der Waals surface area contributed by atoms with E-state index in [-0.39, 0.29) is 11.9 Å². The van der Waals surface area contributed by atoms with Crippen LogP contribution in [0.4, 0.5) is 4.79 Å². The van der Waals surface area contributed by atoms with Crippen LogP contribution in [0.25, 0.3) is 0 Å². The van der Waals surface area contributed by atoms with Crippen LogP contribution in [0.1, 0.15) is 13.8 Å². The first-order chi connectivity index (χ1) is 7.97. The van der Waals surface area contributed by atoms with Gasteiger partial charge in [-0.2, -0.15) is 0 Å². The summed E-state index contributed by atoms with van der Waals surface area (Å²) in [6.45, 7) is 6.22. The standard InChI is InChI=1S/C10H20N4O3/c1-10(2,8(11)13-16)7-12-9(15)14-3-5-17-6-4-14/h16H,3-7H2,1-2H3,(H2,11,13)(H,12,15). The number of nitrogens with two attached hydrogens (primary N) is 1. The van der Waals surface area contributed by atoms with Gasteiger partial charge in [0.2, 0.25) is 0 Å². The molecule has 0 unspecified atom stereocenters. The van der Waals surface area contributed by atoms with Crippen molar-refractivity contribution in [2.75, 3.05) is 32.8 Å². The minimum atomic E-state index is -0.573. The van der Waals surface area contributed by atoms with E-state index >= 15 is 0 Å². The van der Waals surface area contributed by atoms with Gasteiger partial charge in [0, 0.05) is 25.0 Å². The summed E-state index contributed by atoms with van der Waals surface area (Å²) < 4.78 is 5.16. The number of oxime groups is 1. The number of ether oxygens (including phenoxy) is 1. The van der Waals surface area contributed by atoms with Crippen LogP contribution in [-0.2, 0) is 4.74 Å². The Morgan fingerprint density at radius 1 is 1.53 bits per heavy atom. The van der Waals surface area contributed by atoms with Crippen LogP contribution in [0.3, 0.4) is 0 Å². The molecule has 0 bridgehead atoms. The van der Waals surface area contributed by atoms with E-state index in [2.05, 4.69) is 10.5 Å². The lowest BCUT2D eigenvalue weighted by atomic mass is 9.92. The third kappa shape index (κ3) is 3.77. The van der Waals surface area contributed by atoms with Gasteiger partial charge in [0.05, 0.1) is 13.2 Å². The molecule has 0 atom stereocenters. The maximum absolute atomic E-state index is 11.8. The van der Waals surface area contributed by atoms with Crippen LogP contribution < -0.4 is 11.1 Å². The smallest absolute Gasteiger partial charge is 0.317 e. The average molecular weight is 244 g/mol. The summed E-state index contributed by atoms with van der Waals surface area (Å²) in [5.41, 5.74) is 4.96. The van der Waals surface area contributed by atoms with E-state index in [1.807, 2.05) is 0 Å². The van der Waals surface area contributed by atoms with Crippen LogP contribution in [0.15, 0.2) is 5.16 Å². The zero-order valence-electron chi connectivity index (χ0n) is 10.3. The van der Waals surface area contributed by atoms with Crippen molar-refractivity contribution in [1.82, 2.24) is 10.2 Å². The Bertz CT molecular complexity index is 298. The molecule has 0 aromatic carbocycles. The molecule has 4 N–H and O–H groups in total. The quantitative estimate of drug-likeness (QED) is 0.277. The summed E-state index contributed by atoms with van der Waals surface area (Å²) in [6, 6.07) is -0.146. The predicted octanol–water partition coefficient (Wildman–Crippen LogP) is -0.199. The van der Waals surface area contributed by atoms with Gasteiger partial charge in [-0.1, -0.05) is 19.0 Å². The Balaban J connectivity index is 2.41. The largest absolute Gasteiger partial charge is 0.409 e. The number of urea groups is 1. The number of morpholine rings is 1. The topological polar surface area (TPSA) is 100 Å². The van der Waals surface area contributed by atoms with Gasteiger partial charge < -0.3 is 25.9 Å². The maximum Gasteiger partial charge on any atom is 0.317 e. The molecule has 1 heterocycles. The summed E-state index contributed by atoms with van der Waals surface area (Å²) in [5, 5.41) is 14.3. The third-order valence-corrected chi connectivity index (χ3v) is 2.78. The van der Waals surface area contributed by atoms with Crippen LogP contribution >= 0.6 is 0 Å². The molecule has 17 heavy (non-hydrogen) atoms. The fourth-order valence-corrected chi connectivity index (χ4v) is 1.40. The highest BCUT2D eigenvalue weighted by atomic mass is 16.5. The highest BCUT2D eigenvalue weighted by Crippen LogP contribution is 2.13. The molecule has 7 nitrogen and oxygen atoms in total. The van der Waals surface area contributed by atoms with Gasteiger partial charge in [0.25, 0.3) is 0 Å². The molecule has 0 aromatic rings. The van der Waals surface area contributed by atoms with E-state index < -0.39 is 5.41 Å². The van der Waals surface area contributed by atoms with Crippen LogP contribution in [0.5, 0.6) is 0 Å². The molecular formula is C10H20N4O3. The average Bonchev–Trinajstić information content (AvgIpc) is 2.36. The molecule has 1 aliphatic rings. The van der Waals surface area contributed by atoms with Crippen molar-refractivity contribution < 1.29 is 14.7 Å². The Labute approximate surface area is 101 Å². The van der Waals surface area contributed by atoms with Gasteiger partial charge >= 0.3 is 6.03 Å². The number of carbonyl (C=O) groups excluding carboxylic acids is 1. The number of nitrogens with one attached hydrogen (secondary N) is 1. The SMILES string of the molecule is CC(C)(CNC(=O)N1CCOCC1)C(N)=NO. The summed E-state index contributed by atoms with van der Waals surface area (Å²) >= 11 is 0. The third-order valence-electron chi connectivity index (χ3n) is 2.78. The second kappa shape index (κ2) is 5.72. The Morgan fingerprint density at radius 3 is 2.65 bits per heavy atom. The van der Waals surface area contributed by atoms with Crippen molar-refractivity contribution in [1.29, 1.82) is 0 Å². The monoisotopic (exact) mass is 244 g/mol. The first-order valence-electron chi connectivity index (χ1n) is 5.56. The van der Waals surface area contributed by atoms with Crippen molar-refractivity contribution in [3.63, 3.8) is 0 Å². The first kappa shape index (κ1) is 13.6. The summed E-state index contributed by atoms with van der Waals surface area (Å²) in [4.78, 5) is 13.5. The molecule has 0 saturated carbocycles. The van der Waals surface area contributed by atoms with Gasteiger partial charge in [0.1, 0.15) is 5.84 Å². The Kier molecular flexibility index (Phi) is 4.56. The molecule has 0 radical (unpaired) electrons. The van der Waals surface area contributed by atoms with Gasteiger partial charge in [-0.15, -0.1) is 0 Å². The van der Waals surface area contributed by atoms with Crippen molar-refractivity contribution >= 4 is 11.9 Å². The highest BCUT2D eigenvalue weighted by molar-refractivity contribution is 5.86. The van der Waals surface area contributed by atoms with Crippen molar-refractivity contribution in [2.24, 2.45) is 16.3 Å². The number of carbonyl (C=O) groups is 1. The Hall–Kier alpha value is -1.50. The molecule has 1 fully saturated rings. The second-order valence-electron chi connectivity index (χ2n) is 4.63. The predicted molar refractivity (Wildman–Crippen MR) is 63.0 cm³/mol. The van der Waals surface area contributed by atoms with E-state index in [9.17, 15) is 4.79 Å². The lowest BCUT2D eigenvalue weighted by Crippen LogP contribution is -2.50. The number of rotatable bonds is 3. The molecule has 7 heteroatoms. The van der Waals surface area contributed by atoms with Crippen LogP contribution in [-0.4, -0.2) is 54.8 Å². The van der Waals surface area contributed by atoms with Crippen LogP contribution in [0, 0.1) is 5.41 Å². The van der Waals surface area contributed by atoms with E-state index in [1.165, 1.54) is 0 Å². The minimum Gasteiger partial charge on any atom is -0.409 e. The summed E-state index contributed by atoms with van der Waals surface area (Å²) in [7, 11) is 0. The van der Waals surface area contributed by atoms with E-state index in [0.717, 1.165) is 0 Å². The summed E-state index contributed by atoms with van der Waals surface area (Å²) in [5.74, 6) is 0.0970. The molecule has 0 aromatic heterocycles. The lowest BCUT2D eigenvalue weighted by molar-refractivity contribution is 0.0529. The first-order valence-corrected chi connectivity index (χ1v) is 5.56. The molecule has 2 amide bonds. The van der Waals surface area contributed by atoms with E-state index in [4.69, 9.17) is 15.7 Å². The maximum atomic E-state index is 11.8. The molecule has 98 valence electrons. The fraction of sp³-hybridized carbons (Fsp3) is 0.800. The van der Waals surface area contributed by atoms with Gasteiger partial charge in [-0.05, 0) is 0 Å². The minimum absolute atomic E-state index is 0.0970. The van der Waals surface area contributed by atoms with Gasteiger partial charge in [-0.25, -0.2) is 4.79 Å². The molecule has 1 aliphatic heterocycles. The zero-order valence-corrected chi connectivity index (χ0v) is 10.3. The number of nitrogens with zero attached hydrogens (tertiary/aromatic N) is 2. The van der Waals surface area contributed by atoms with Crippen molar-refractivity contribution in [2.45, 2.75) is 13.8 Å². The van der Waals surface area contributed by atoms with Gasteiger partial charge in [-0.3, -0.25) is 0 Å². The Morgan fingerprint density at radius 2 is 2.12 bits per heavy atom. The molecule has 1 rings (SSSR count). The van der Waals surface area contributed by atoms with Gasteiger partial charge in [0.15, 0.2) is 0 Å². The molecular weight excluding hydrogens is 224 g/mol. The van der Waals surface area contributed by atoms with Crippen molar-refractivity contribution in [3.8, 4) is 0 Å². The van der Waals surface area contributed by atoms with E-state index in [0.29, 0.717) is 32.8 Å². The fourth-order valence-electron chi connectivity index (χ4n) is 1.40. The lowest BCUT2D eigenvalue weighted by Gasteiger charge is -2.29. The van der Waals surface area contributed by atoms with Crippen LogP contribution in [0.2, 0.25) is 0 Å².